The maximum absolute atomic E-state index is 6.56. The fourth-order valence-corrected chi connectivity index (χ4v) is 10.1. The number of thiophene rings is 1. The molecule has 5 heteroatoms. The summed E-state index contributed by atoms with van der Waals surface area (Å²) in [6.45, 7) is 0. The molecule has 0 N–H and O–H groups in total. The molecule has 0 spiro atoms. The van der Waals surface area contributed by atoms with E-state index >= 15 is 0 Å². The summed E-state index contributed by atoms with van der Waals surface area (Å²) in [6, 6.07) is 50.3. The molecular formula is C46H23N3OS. The molecule has 4 nitrogen and oxygen atoms in total. The fraction of sp³-hybridized carbons (Fsp3) is 0. The maximum atomic E-state index is 6.56. The highest BCUT2D eigenvalue weighted by molar-refractivity contribution is 7.25. The molecule has 0 bridgehead atoms. The van der Waals surface area contributed by atoms with Crippen molar-refractivity contribution < 1.29 is 4.42 Å². The van der Waals surface area contributed by atoms with Crippen LogP contribution in [0.5, 0.6) is 0 Å². The van der Waals surface area contributed by atoms with E-state index in [4.69, 9.17) is 14.4 Å². The van der Waals surface area contributed by atoms with Crippen LogP contribution >= 0.6 is 11.3 Å². The first-order valence-electron chi connectivity index (χ1n) is 17.2. The molecule has 0 unspecified atom stereocenters. The van der Waals surface area contributed by atoms with Crippen molar-refractivity contribution in [2.45, 2.75) is 0 Å². The van der Waals surface area contributed by atoms with Crippen LogP contribution in [-0.4, -0.2) is 14.5 Å². The van der Waals surface area contributed by atoms with Crippen molar-refractivity contribution >= 4 is 108 Å². The predicted octanol–water partition coefficient (Wildman–Crippen LogP) is 12.9. The molecule has 0 fully saturated rings. The number of rotatable bonds is 2. The number of hydrogen-bond donors (Lipinski definition) is 0. The van der Waals surface area contributed by atoms with E-state index in [0.717, 1.165) is 60.5 Å². The van der Waals surface area contributed by atoms with E-state index in [2.05, 4.69) is 144 Å². The van der Waals surface area contributed by atoms with Crippen molar-refractivity contribution in [1.82, 2.24) is 14.5 Å². The minimum atomic E-state index is 0.660. The zero-order chi connectivity index (χ0) is 32.9. The SMILES string of the molecule is c1ccc2c(c1)ccc1c(-c3ccc4sc5ccccc5c4c3)nc(-n3c4cccc5c4c4c6c(ccc43)oc3ccc4cccc-5c4c36)nc12. The van der Waals surface area contributed by atoms with Crippen LogP contribution in [0, 0.1) is 0 Å². The zero-order valence-electron chi connectivity index (χ0n) is 26.9. The second kappa shape index (κ2) is 9.16. The Balaban J connectivity index is 1.20. The van der Waals surface area contributed by atoms with Gasteiger partial charge in [-0.2, -0.15) is 0 Å². The summed E-state index contributed by atoms with van der Waals surface area (Å²) in [5, 5.41) is 13.1. The first kappa shape index (κ1) is 26.3. The van der Waals surface area contributed by atoms with Gasteiger partial charge in [0.15, 0.2) is 0 Å². The number of furan rings is 1. The van der Waals surface area contributed by atoms with E-state index in [1.54, 1.807) is 0 Å². The minimum absolute atomic E-state index is 0.660. The van der Waals surface area contributed by atoms with Crippen LogP contribution in [0.1, 0.15) is 0 Å². The first-order chi connectivity index (χ1) is 25.3. The molecule has 0 amide bonds. The van der Waals surface area contributed by atoms with Gasteiger partial charge in [-0.05, 0) is 70.4 Å². The quantitative estimate of drug-likeness (QED) is 0.173. The summed E-state index contributed by atoms with van der Waals surface area (Å²) < 4.78 is 11.4. The molecule has 4 heterocycles. The maximum Gasteiger partial charge on any atom is 0.235 e. The van der Waals surface area contributed by atoms with Crippen LogP contribution in [0.4, 0.5) is 0 Å². The first-order valence-corrected chi connectivity index (χ1v) is 18.1. The van der Waals surface area contributed by atoms with Crippen LogP contribution < -0.4 is 0 Å². The van der Waals surface area contributed by atoms with Crippen molar-refractivity contribution in [3.8, 4) is 28.3 Å². The molecule has 12 aromatic rings. The summed E-state index contributed by atoms with van der Waals surface area (Å²) in [5.74, 6) is 0.660. The van der Waals surface area contributed by atoms with Crippen molar-refractivity contribution in [2.75, 3.05) is 0 Å². The molecule has 8 aromatic carbocycles. The monoisotopic (exact) mass is 665 g/mol. The average Bonchev–Trinajstić information content (AvgIpc) is 3.83. The third-order valence-electron chi connectivity index (χ3n) is 11.1. The molecule has 1 aliphatic rings. The Morgan fingerprint density at radius 2 is 1.20 bits per heavy atom. The smallest absolute Gasteiger partial charge is 0.235 e. The molecule has 0 saturated carbocycles. The van der Waals surface area contributed by atoms with Gasteiger partial charge in [-0.1, -0.05) is 91.0 Å². The van der Waals surface area contributed by atoms with E-state index in [1.807, 2.05) is 11.3 Å². The van der Waals surface area contributed by atoms with Crippen molar-refractivity contribution in [3.63, 3.8) is 0 Å². The largest absolute Gasteiger partial charge is 0.456 e. The molecular weight excluding hydrogens is 643 g/mol. The van der Waals surface area contributed by atoms with Gasteiger partial charge in [0.25, 0.3) is 0 Å². The number of hydrogen-bond acceptors (Lipinski definition) is 4. The van der Waals surface area contributed by atoms with Crippen molar-refractivity contribution in [3.05, 3.63) is 140 Å². The van der Waals surface area contributed by atoms with Crippen LogP contribution in [0.2, 0.25) is 0 Å². The lowest BCUT2D eigenvalue weighted by molar-refractivity contribution is 0.669. The summed E-state index contributed by atoms with van der Waals surface area (Å²) in [6.07, 6.45) is 0. The highest BCUT2D eigenvalue weighted by Crippen LogP contribution is 2.50. The van der Waals surface area contributed by atoms with Crippen LogP contribution in [0.3, 0.4) is 0 Å². The fourth-order valence-electron chi connectivity index (χ4n) is 8.99. The molecule has 234 valence electrons. The predicted molar refractivity (Wildman–Crippen MR) is 213 cm³/mol. The van der Waals surface area contributed by atoms with Gasteiger partial charge < -0.3 is 4.42 Å². The Morgan fingerprint density at radius 3 is 2.14 bits per heavy atom. The molecule has 0 radical (unpaired) electrons. The molecule has 0 aliphatic heterocycles. The molecule has 13 rings (SSSR count). The standard InChI is InChI=1S/C46H23N3OS/c1-2-9-27-24(7-1)15-18-31-44(26-17-22-38-32(23-26)28-10-3-4-14-37(28)51-38)47-46(48-45(27)31)49-33-13-6-12-30-29-11-5-8-25-16-20-35-42(39(25)29)43-36(50-35)21-19-34(49)41(43)40(30)33/h1-23H. The van der Waals surface area contributed by atoms with Gasteiger partial charge in [-0.15, -0.1) is 11.3 Å². The highest BCUT2D eigenvalue weighted by atomic mass is 32.1. The normalized spacial score (nSPS) is 12.7. The number of nitrogens with zero attached hydrogens (tertiary/aromatic N) is 3. The summed E-state index contributed by atoms with van der Waals surface area (Å²) in [4.78, 5) is 11.0. The Kier molecular flexibility index (Phi) is 4.73. The van der Waals surface area contributed by atoms with E-state index in [9.17, 15) is 0 Å². The van der Waals surface area contributed by atoms with Crippen LogP contribution in [-0.2, 0) is 0 Å². The topological polar surface area (TPSA) is 43.9 Å². The summed E-state index contributed by atoms with van der Waals surface area (Å²) >= 11 is 1.84. The highest BCUT2D eigenvalue weighted by Gasteiger charge is 2.27. The van der Waals surface area contributed by atoms with Gasteiger partial charge in [0.1, 0.15) is 11.2 Å². The molecule has 51 heavy (non-hydrogen) atoms. The lowest BCUT2D eigenvalue weighted by Crippen LogP contribution is -2.04. The third kappa shape index (κ3) is 3.25. The van der Waals surface area contributed by atoms with E-state index in [1.165, 1.54) is 58.2 Å². The second-order valence-electron chi connectivity index (χ2n) is 13.7. The van der Waals surface area contributed by atoms with Gasteiger partial charge in [0.2, 0.25) is 5.95 Å². The summed E-state index contributed by atoms with van der Waals surface area (Å²) in [5.41, 5.74) is 9.37. The lowest BCUT2D eigenvalue weighted by Gasteiger charge is -2.14. The molecule has 0 saturated heterocycles. The van der Waals surface area contributed by atoms with E-state index in [0.29, 0.717) is 5.95 Å². The Morgan fingerprint density at radius 1 is 0.471 bits per heavy atom. The third-order valence-corrected chi connectivity index (χ3v) is 12.3. The number of fused-ring (bicyclic) bond motifs is 7. The molecule has 4 aromatic heterocycles. The second-order valence-corrected chi connectivity index (χ2v) is 14.8. The number of aromatic nitrogens is 3. The minimum Gasteiger partial charge on any atom is -0.456 e. The van der Waals surface area contributed by atoms with Crippen molar-refractivity contribution in [2.24, 2.45) is 0 Å². The average molecular weight is 666 g/mol. The lowest BCUT2D eigenvalue weighted by atomic mass is 9.95. The van der Waals surface area contributed by atoms with E-state index < -0.39 is 0 Å². The van der Waals surface area contributed by atoms with Gasteiger partial charge in [0.05, 0.1) is 22.2 Å². The van der Waals surface area contributed by atoms with Crippen LogP contribution in [0.25, 0.3) is 125 Å². The van der Waals surface area contributed by atoms with Gasteiger partial charge >= 0.3 is 0 Å². The Bertz CT molecular complexity index is 3550. The Labute approximate surface area is 293 Å². The van der Waals surface area contributed by atoms with E-state index in [-0.39, 0.29) is 0 Å². The van der Waals surface area contributed by atoms with Gasteiger partial charge in [-0.3, -0.25) is 4.57 Å². The van der Waals surface area contributed by atoms with Gasteiger partial charge in [0, 0.05) is 63.4 Å². The zero-order valence-corrected chi connectivity index (χ0v) is 27.8. The Hall–Kier alpha value is -6.56. The van der Waals surface area contributed by atoms with Gasteiger partial charge in [-0.25, -0.2) is 9.97 Å². The molecule has 0 atom stereocenters. The summed E-state index contributed by atoms with van der Waals surface area (Å²) in [7, 11) is 0. The van der Waals surface area contributed by atoms with Crippen molar-refractivity contribution in [1.29, 1.82) is 0 Å². The number of benzene rings is 8. The molecule has 1 aliphatic carbocycles. The van der Waals surface area contributed by atoms with Crippen LogP contribution in [0.15, 0.2) is 144 Å².